The van der Waals surface area contributed by atoms with Crippen molar-refractivity contribution in [3.8, 4) is 5.75 Å². The number of benzene rings is 2. The van der Waals surface area contributed by atoms with E-state index in [4.69, 9.17) is 16.3 Å². The first-order valence-electron chi connectivity index (χ1n) is 9.61. The molecule has 0 aromatic heterocycles. The van der Waals surface area contributed by atoms with Crippen molar-refractivity contribution >= 4 is 29.1 Å². The zero-order valence-electron chi connectivity index (χ0n) is 16.0. The topological polar surface area (TPSA) is 67.4 Å². The summed E-state index contributed by atoms with van der Waals surface area (Å²) in [7, 11) is 1.57. The Morgan fingerprint density at radius 2 is 1.89 bits per heavy atom. The summed E-state index contributed by atoms with van der Waals surface area (Å²) in [5.41, 5.74) is 2.12. The molecule has 2 amide bonds. The Bertz CT molecular complexity index is 847. The van der Waals surface area contributed by atoms with Gasteiger partial charge in [-0.3, -0.25) is 9.59 Å². The van der Waals surface area contributed by atoms with E-state index in [1.165, 1.54) is 19.3 Å². The van der Waals surface area contributed by atoms with E-state index in [1.54, 1.807) is 37.4 Å². The minimum absolute atomic E-state index is 0.106. The minimum atomic E-state index is -0.279. The van der Waals surface area contributed by atoms with Crippen molar-refractivity contribution in [3.05, 3.63) is 58.6 Å². The molecule has 1 aliphatic rings. The Balaban J connectivity index is 1.64. The minimum Gasteiger partial charge on any atom is -0.483 e. The molecule has 148 valence electrons. The van der Waals surface area contributed by atoms with Crippen LogP contribution in [0.15, 0.2) is 42.5 Å². The fourth-order valence-corrected chi connectivity index (χ4v) is 3.79. The highest BCUT2D eigenvalue weighted by atomic mass is 35.5. The second-order valence-electron chi connectivity index (χ2n) is 7.01. The van der Waals surface area contributed by atoms with Crippen molar-refractivity contribution in [3.63, 3.8) is 0 Å². The van der Waals surface area contributed by atoms with Crippen molar-refractivity contribution in [2.45, 2.75) is 38.0 Å². The van der Waals surface area contributed by atoms with Gasteiger partial charge in [-0.2, -0.15) is 0 Å². The second-order valence-corrected chi connectivity index (χ2v) is 7.45. The lowest BCUT2D eigenvalue weighted by Crippen LogP contribution is -2.22. The molecule has 28 heavy (non-hydrogen) atoms. The van der Waals surface area contributed by atoms with Crippen molar-refractivity contribution in [2.24, 2.45) is 0 Å². The van der Waals surface area contributed by atoms with E-state index < -0.39 is 0 Å². The Hall–Kier alpha value is -2.53. The zero-order valence-corrected chi connectivity index (χ0v) is 16.7. The molecule has 0 spiro atoms. The van der Waals surface area contributed by atoms with E-state index in [1.807, 2.05) is 12.1 Å². The molecular weight excluding hydrogens is 376 g/mol. The highest BCUT2D eigenvalue weighted by Crippen LogP contribution is 2.38. The SMILES string of the molecule is CNC(=O)c1cccc(NC(=O)COc2ccc(Cl)cc2C2CCCCC2)c1. The van der Waals surface area contributed by atoms with Gasteiger partial charge in [-0.1, -0.05) is 36.9 Å². The van der Waals surface area contributed by atoms with Gasteiger partial charge >= 0.3 is 0 Å². The van der Waals surface area contributed by atoms with Gasteiger partial charge in [0.25, 0.3) is 11.8 Å². The molecular formula is C22H25ClN2O3. The molecule has 0 radical (unpaired) electrons. The van der Waals surface area contributed by atoms with Crippen LogP contribution in [0.2, 0.25) is 5.02 Å². The molecule has 2 aromatic rings. The Kier molecular flexibility index (Phi) is 6.93. The van der Waals surface area contributed by atoms with E-state index in [2.05, 4.69) is 10.6 Å². The van der Waals surface area contributed by atoms with E-state index in [0.29, 0.717) is 27.9 Å². The molecule has 0 heterocycles. The molecule has 0 aliphatic heterocycles. The van der Waals surface area contributed by atoms with Crippen LogP contribution in [-0.2, 0) is 4.79 Å². The number of amides is 2. The highest BCUT2D eigenvalue weighted by Gasteiger charge is 2.20. The van der Waals surface area contributed by atoms with Crippen molar-refractivity contribution in [2.75, 3.05) is 19.0 Å². The fourth-order valence-electron chi connectivity index (χ4n) is 3.61. The van der Waals surface area contributed by atoms with E-state index in [0.717, 1.165) is 18.4 Å². The van der Waals surface area contributed by atoms with Crippen LogP contribution in [0, 0.1) is 0 Å². The van der Waals surface area contributed by atoms with E-state index in [9.17, 15) is 9.59 Å². The van der Waals surface area contributed by atoms with Crippen LogP contribution in [0.4, 0.5) is 5.69 Å². The molecule has 5 nitrogen and oxygen atoms in total. The zero-order chi connectivity index (χ0) is 19.9. The molecule has 0 saturated heterocycles. The second kappa shape index (κ2) is 9.60. The van der Waals surface area contributed by atoms with Gasteiger partial charge in [-0.25, -0.2) is 0 Å². The number of anilines is 1. The Labute approximate surface area is 170 Å². The molecule has 0 atom stereocenters. The summed E-state index contributed by atoms with van der Waals surface area (Å²) in [5.74, 6) is 0.657. The van der Waals surface area contributed by atoms with Crippen LogP contribution < -0.4 is 15.4 Å². The molecule has 2 N–H and O–H groups in total. The van der Waals surface area contributed by atoms with Crippen LogP contribution in [0.1, 0.15) is 53.9 Å². The Morgan fingerprint density at radius 3 is 2.64 bits per heavy atom. The summed E-state index contributed by atoms with van der Waals surface area (Å²) >= 11 is 6.19. The first-order valence-corrected chi connectivity index (χ1v) is 9.99. The molecule has 0 bridgehead atoms. The summed E-state index contributed by atoms with van der Waals surface area (Å²) < 4.78 is 5.83. The van der Waals surface area contributed by atoms with Crippen molar-refractivity contribution in [1.29, 1.82) is 0 Å². The van der Waals surface area contributed by atoms with E-state index in [-0.39, 0.29) is 18.4 Å². The van der Waals surface area contributed by atoms with Crippen LogP contribution in [0.5, 0.6) is 5.75 Å². The van der Waals surface area contributed by atoms with Gasteiger partial charge in [-0.15, -0.1) is 0 Å². The molecule has 1 saturated carbocycles. The third-order valence-corrected chi connectivity index (χ3v) is 5.25. The summed E-state index contributed by atoms with van der Waals surface area (Å²) in [6.07, 6.45) is 5.92. The number of hydrogen-bond donors (Lipinski definition) is 2. The average Bonchev–Trinajstić information content (AvgIpc) is 2.73. The lowest BCUT2D eigenvalue weighted by Gasteiger charge is -2.24. The summed E-state index contributed by atoms with van der Waals surface area (Å²) in [5, 5.41) is 6.02. The largest absolute Gasteiger partial charge is 0.483 e. The number of rotatable bonds is 6. The van der Waals surface area contributed by atoms with Gasteiger partial charge in [0.1, 0.15) is 5.75 Å². The van der Waals surface area contributed by atoms with E-state index >= 15 is 0 Å². The molecule has 6 heteroatoms. The normalized spacial score (nSPS) is 14.4. The van der Waals surface area contributed by atoms with Gasteiger partial charge in [0.05, 0.1) is 0 Å². The first kappa shape index (κ1) is 20.2. The summed E-state index contributed by atoms with van der Waals surface area (Å²) in [6, 6.07) is 12.4. The monoisotopic (exact) mass is 400 g/mol. The Morgan fingerprint density at radius 1 is 1.11 bits per heavy atom. The number of nitrogens with one attached hydrogen (secondary N) is 2. The molecule has 3 rings (SSSR count). The lowest BCUT2D eigenvalue weighted by molar-refractivity contribution is -0.118. The van der Waals surface area contributed by atoms with Crippen LogP contribution in [0.3, 0.4) is 0 Å². The first-order chi connectivity index (χ1) is 13.6. The maximum absolute atomic E-state index is 12.3. The molecule has 2 aromatic carbocycles. The number of carbonyl (C=O) groups is 2. The molecule has 1 aliphatic carbocycles. The van der Waals surface area contributed by atoms with Crippen molar-refractivity contribution in [1.82, 2.24) is 5.32 Å². The standard InChI is InChI=1S/C22H25ClN2O3/c1-24-22(27)16-8-5-9-18(12-16)25-21(26)14-28-20-11-10-17(23)13-19(20)15-6-3-2-4-7-15/h5,8-13,15H,2-4,6-7,14H2,1H3,(H,24,27)(H,25,26). The number of halogens is 1. The lowest BCUT2D eigenvalue weighted by atomic mass is 9.84. The quantitative estimate of drug-likeness (QED) is 0.734. The maximum Gasteiger partial charge on any atom is 0.262 e. The van der Waals surface area contributed by atoms with Gasteiger partial charge in [0, 0.05) is 23.3 Å². The predicted octanol–water partition coefficient (Wildman–Crippen LogP) is 4.76. The van der Waals surface area contributed by atoms with Gasteiger partial charge in [0.15, 0.2) is 6.61 Å². The average molecular weight is 401 g/mol. The van der Waals surface area contributed by atoms with Crippen molar-refractivity contribution < 1.29 is 14.3 Å². The van der Waals surface area contributed by atoms with Gasteiger partial charge in [-0.05, 0) is 60.7 Å². The number of carbonyl (C=O) groups excluding carboxylic acids is 2. The predicted molar refractivity (Wildman–Crippen MR) is 111 cm³/mol. The third-order valence-electron chi connectivity index (χ3n) is 5.01. The van der Waals surface area contributed by atoms with Gasteiger partial charge in [0.2, 0.25) is 0 Å². The van der Waals surface area contributed by atoms with Gasteiger partial charge < -0.3 is 15.4 Å². The smallest absolute Gasteiger partial charge is 0.262 e. The van der Waals surface area contributed by atoms with Crippen LogP contribution >= 0.6 is 11.6 Å². The summed E-state index contributed by atoms with van der Waals surface area (Å²) in [4.78, 5) is 24.0. The van der Waals surface area contributed by atoms with Crippen LogP contribution in [0.25, 0.3) is 0 Å². The molecule has 1 fully saturated rings. The third kappa shape index (κ3) is 5.26. The highest BCUT2D eigenvalue weighted by molar-refractivity contribution is 6.30. The number of ether oxygens (including phenoxy) is 1. The maximum atomic E-state index is 12.3. The van der Waals surface area contributed by atoms with Crippen LogP contribution in [-0.4, -0.2) is 25.5 Å². The number of hydrogen-bond acceptors (Lipinski definition) is 3. The fraction of sp³-hybridized carbons (Fsp3) is 0.364. The summed E-state index contributed by atoms with van der Waals surface area (Å²) in [6.45, 7) is -0.106. The molecule has 0 unspecified atom stereocenters.